The summed E-state index contributed by atoms with van der Waals surface area (Å²) in [5.41, 5.74) is 0.599. The van der Waals surface area contributed by atoms with Crippen molar-refractivity contribution in [3.8, 4) is 0 Å². The van der Waals surface area contributed by atoms with Crippen LogP contribution in [-0.2, 0) is 15.0 Å². The zero-order chi connectivity index (χ0) is 12.0. The van der Waals surface area contributed by atoms with Gasteiger partial charge in [-0.05, 0) is 18.1 Å². The van der Waals surface area contributed by atoms with Crippen LogP contribution >= 0.6 is 0 Å². The molecule has 2 heterocycles. The highest BCUT2D eigenvalue weighted by Crippen LogP contribution is 2.45. The molecular weight excluding hydrogens is 220 g/mol. The molecule has 1 amide bonds. The summed E-state index contributed by atoms with van der Waals surface area (Å²) >= 11 is 0. The average Bonchev–Trinajstić information content (AvgIpc) is 2.84. The van der Waals surface area contributed by atoms with E-state index in [-0.39, 0.29) is 5.91 Å². The quantitative estimate of drug-likeness (QED) is 0.651. The van der Waals surface area contributed by atoms with Crippen molar-refractivity contribution in [1.82, 2.24) is 5.32 Å². The first-order chi connectivity index (χ1) is 8.16. The van der Waals surface area contributed by atoms with E-state index in [0.29, 0.717) is 13.0 Å². The third kappa shape index (κ3) is 1.13. The fraction of sp³-hybridized carbons (Fsp3) is 0.333. The number of carbonyl (C=O) groups is 2. The Kier molecular flexibility index (Phi) is 1.92. The Morgan fingerprint density at radius 1 is 1.41 bits per heavy atom. The van der Waals surface area contributed by atoms with Gasteiger partial charge in [-0.2, -0.15) is 0 Å². The van der Waals surface area contributed by atoms with Crippen LogP contribution in [0.2, 0.25) is 0 Å². The number of benzene rings is 1. The molecule has 0 aliphatic carbocycles. The minimum Gasteiger partial charge on any atom is -0.480 e. The van der Waals surface area contributed by atoms with Crippen LogP contribution in [0.4, 0.5) is 5.69 Å². The van der Waals surface area contributed by atoms with Crippen LogP contribution < -0.4 is 10.6 Å². The molecule has 0 radical (unpaired) electrons. The highest BCUT2D eigenvalue weighted by Gasteiger charge is 2.57. The summed E-state index contributed by atoms with van der Waals surface area (Å²) in [4.78, 5) is 23.4. The molecule has 0 bridgehead atoms. The van der Waals surface area contributed by atoms with Crippen molar-refractivity contribution in [2.45, 2.75) is 17.9 Å². The Bertz CT molecular complexity index is 514. The molecule has 3 N–H and O–H groups in total. The van der Waals surface area contributed by atoms with Crippen LogP contribution in [0.1, 0.15) is 12.0 Å². The summed E-state index contributed by atoms with van der Waals surface area (Å²) in [6.07, 6.45) is 0.521. The van der Waals surface area contributed by atoms with E-state index >= 15 is 0 Å². The molecule has 1 saturated heterocycles. The Morgan fingerprint density at radius 3 is 2.82 bits per heavy atom. The largest absolute Gasteiger partial charge is 0.480 e. The van der Waals surface area contributed by atoms with Crippen LogP contribution in [0, 0.1) is 0 Å². The zero-order valence-corrected chi connectivity index (χ0v) is 9.06. The summed E-state index contributed by atoms with van der Waals surface area (Å²) in [5, 5.41) is 15.0. The first kappa shape index (κ1) is 10.1. The number of aliphatic carboxylic acids is 1. The van der Waals surface area contributed by atoms with Crippen molar-refractivity contribution in [3.63, 3.8) is 0 Å². The van der Waals surface area contributed by atoms with Gasteiger partial charge in [0.2, 0.25) is 5.91 Å². The lowest BCUT2D eigenvalue weighted by molar-refractivity contribution is -0.142. The molecule has 0 aromatic heterocycles. The molecule has 0 saturated carbocycles. The van der Waals surface area contributed by atoms with E-state index in [4.69, 9.17) is 0 Å². The molecule has 1 spiro atoms. The normalized spacial score (nSPS) is 29.9. The summed E-state index contributed by atoms with van der Waals surface area (Å²) in [7, 11) is 0. The third-order valence-electron chi connectivity index (χ3n) is 3.66. The number of carbonyl (C=O) groups excluding carboxylic acids is 1. The molecule has 3 rings (SSSR count). The lowest BCUT2D eigenvalue weighted by Crippen LogP contribution is -2.49. The number of hydrogen-bond acceptors (Lipinski definition) is 3. The Balaban J connectivity index is 2.21. The van der Waals surface area contributed by atoms with Gasteiger partial charge in [-0.15, -0.1) is 0 Å². The number of fused-ring (bicyclic) bond motifs is 2. The minimum absolute atomic E-state index is 0.192. The van der Waals surface area contributed by atoms with Gasteiger partial charge in [0.25, 0.3) is 0 Å². The molecule has 5 nitrogen and oxygen atoms in total. The molecule has 1 fully saturated rings. The van der Waals surface area contributed by atoms with Gasteiger partial charge in [0.1, 0.15) is 11.5 Å². The van der Waals surface area contributed by atoms with Crippen LogP contribution in [0.25, 0.3) is 0 Å². The maximum atomic E-state index is 12.1. The van der Waals surface area contributed by atoms with E-state index in [1.807, 2.05) is 24.3 Å². The zero-order valence-electron chi connectivity index (χ0n) is 9.06. The number of hydrogen-bond donors (Lipinski definition) is 3. The van der Waals surface area contributed by atoms with Crippen molar-refractivity contribution in [2.75, 3.05) is 11.9 Å². The first-order valence-corrected chi connectivity index (χ1v) is 5.53. The molecule has 1 aromatic carbocycles. The molecule has 1 aromatic rings. The Morgan fingerprint density at radius 2 is 2.18 bits per heavy atom. The maximum Gasteiger partial charge on any atom is 0.327 e. The molecular formula is C12H12N2O3. The average molecular weight is 232 g/mol. The predicted molar refractivity (Wildman–Crippen MR) is 60.8 cm³/mol. The van der Waals surface area contributed by atoms with Crippen molar-refractivity contribution in [2.24, 2.45) is 0 Å². The van der Waals surface area contributed by atoms with Gasteiger partial charge in [-0.25, -0.2) is 4.79 Å². The van der Waals surface area contributed by atoms with Gasteiger partial charge in [-0.3, -0.25) is 4.79 Å². The van der Waals surface area contributed by atoms with Crippen LogP contribution in [0.5, 0.6) is 0 Å². The van der Waals surface area contributed by atoms with Crippen molar-refractivity contribution >= 4 is 17.6 Å². The minimum atomic E-state index is -0.988. The monoisotopic (exact) mass is 232 g/mol. The lowest BCUT2D eigenvalue weighted by atomic mass is 9.75. The van der Waals surface area contributed by atoms with E-state index in [2.05, 4.69) is 10.6 Å². The van der Waals surface area contributed by atoms with Crippen molar-refractivity contribution < 1.29 is 14.7 Å². The van der Waals surface area contributed by atoms with E-state index in [1.54, 1.807) is 0 Å². The van der Waals surface area contributed by atoms with Gasteiger partial charge in [0, 0.05) is 12.2 Å². The predicted octanol–water partition coefficient (Wildman–Crippen LogP) is 0.323. The van der Waals surface area contributed by atoms with Crippen LogP contribution in [-0.4, -0.2) is 29.6 Å². The molecule has 2 aliphatic rings. The van der Waals surface area contributed by atoms with Gasteiger partial charge < -0.3 is 15.7 Å². The standard InChI is InChI=1S/C12H12N2O3/c15-10(16)9-12(5-6-13-11(12)17)7-3-1-2-4-8(7)14-9/h1-4,9,14H,5-6H2,(H,13,17)(H,15,16). The van der Waals surface area contributed by atoms with Gasteiger partial charge in [0.05, 0.1) is 0 Å². The number of carboxylic acid groups (broad SMARTS) is 1. The van der Waals surface area contributed by atoms with Crippen molar-refractivity contribution in [1.29, 1.82) is 0 Å². The van der Waals surface area contributed by atoms with Crippen LogP contribution in [0.3, 0.4) is 0 Å². The smallest absolute Gasteiger partial charge is 0.327 e. The summed E-state index contributed by atoms with van der Waals surface area (Å²) < 4.78 is 0. The Labute approximate surface area is 97.8 Å². The summed E-state index contributed by atoms with van der Waals surface area (Å²) in [6.45, 7) is 0.526. The second-order valence-electron chi connectivity index (χ2n) is 4.44. The molecule has 2 aliphatic heterocycles. The summed E-state index contributed by atoms with van der Waals surface area (Å²) in [5.74, 6) is -1.18. The topological polar surface area (TPSA) is 78.4 Å². The number of para-hydroxylation sites is 1. The summed E-state index contributed by atoms with van der Waals surface area (Å²) in [6, 6.07) is 6.43. The molecule has 2 atom stereocenters. The van der Waals surface area contributed by atoms with Crippen LogP contribution in [0.15, 0.2) is 24.3 Å². The SMILES string of the molecule is O=C(O)C1Nc2ccccc2C12CCNC2=O. The number of rotatable bonds is 1. The van der Waals surface area contributed by atoms with E-state index in [0.717, 1.165) is 11.3 Å². The third-order valence-corrected chi connectivity index (χ3v) is 3.66. The number of amides is 1. The van der Waals surface area contributed by atoms with E-state index < -0.39 is 17.4 Å². The van der Waals surface area contributed by atoms with Crippen molar-refractivity contribution in [3.05, 3.63) is 29.8 Å². The fourth-order valence-corrected chi connectivity index (χ4v) is 2.88. The number of anilines is 1. The van der Waals surface area contributed by atoms with Gasteiger partial charge in [-0.1, -0.05) is 18.2 Å². The number of nitrogens with one attached hydrogen (secondary N) is 2. The van der Waals surface area contributed by atoms with E-state index in [9.17, 15) is 14.7 Å². The highest BCUT2D eigenvalue weighted by atomic mass is 16.4. The van der Waals surface area contributed by atoms with Gasteiger partial charge >= 0.3 is 5.97 Å². The molecule has 88 valence electrons. The molecule has 2 unspecified atom stereocenters. The molecule has 5 heteroatoms. The second kappa shape index (κ2) is 3.23. The second-order valence-corrected chi connectivity index (χ2v) is 4.44. The Hall–Kier alpha value is -2.04. The highest BCUT2D eigenvalue weighted by molar-refractivity contribution is 6.02. The maximum absolute atomic E-state index is 12.1. The number of carboxylic acids is 1. The first-order valence-electron chi connectivity index (χ1n) is 5.53. The van der Waals surface area contributed by atoms with Gasteiger partial charge in [0.15, 0.2) is 0 Å². The molecule has 17 heavy (non-hydrogen) atoms. The lowest BCUT2D eigenvalue weighted by Gasteiger charge is -2.25. The fourth-order valence-electron chi connectivity index (χ4n) is 2.88. The van der Waals surface area contributed by atoms with E-state index in [1.165, 1.54) is 0 Å².